The molecule has 2 bridgehead atoms. The minimum absolute atomic E-state index is 0.178. The van der Waals surface area contributed by atoms with E-state index >= 15 is 0 Å². The van der Waals surface area contributed by atoms with Crippen molar-refractivity contribution in [3.63, 3.8) is 0 Å². The lowest BCUT2D eigenvalue weighted by atomic mass is 9.91. The summed E-state index contributed by atoms with van der Waals surface area (Å²) in [5.41, 5.74) is 2.46. The molecule has 1 unspecified atom stereocenters. The van der Waals surface area contributed by atoms with Crippen molar-refractivity contribution in [3.8, 4) is 5.75 Å². The van der Waals surface area contributed by atoms with Crippen LogP contribution in [0.3, 0.4) is 0 Å². The molecule has 0 aromatic heterocycles. The maximum Gasteiger partial charge on any atom is 0.345 e. The van der Waals surface area contributed by atoms with E-state index in [1.54, 1.807) is 13.0 Å². The Balaban J connectivity index is 1.39. The molecular formula is C26H30N2O7. The molecular weight excluding hydrogens is 452 g/mol. The predicted molar refractivity (Wildman–Crippen MR) is 124 cm³/mol. The number of hydroxylamine groups is 2. The van der Waals surface area contributed by atoms with Crippen LogP contribution in [0.4, 0.5) is 4.79 Å². The number of esters is 1. The summed E-state index contributed by atoms with van der Waals surface area (Å²) in [5, 5.41) is 1.37. The average Bonchev–Trinajstić information content (AvgIpc) is 3.34. The van der Waals surface area contributed by atoms with Crippen LogP contribution < -0.4 is 4.74 Å². The van der Waals surface area contributed by atoms with Crippen LogP contribution in [-0.2, 0) is 30.4 Å². The van der Waals surface area contributed by atoms with Gasteiger partial charge in [-0.2, -0.15) is 5.06 Å². The zero-order valence-electron chi connectivity index (χ0n) is 20.1. The molecule has 0 radical (unpaired) electrons. The number of nitrogens with zero attached hydrogens (tertiary/aromatic N) is 2. The monoisotopic (exact) mass is 482 g/mol. The summed E-state index contributed by atoms with van der Waals surface area (Å²) in [7, 11) is 0. The normalized spacial score (nSPS) is 24.4. The van der Waals surface area contributed by atoms with Gasteiger partial charge < -0.3 is 23.8 Å². The smallest absolute Gasteiger partial charge is 0.345 e. The molecule has 3 atom stereocenters. The molecule has 2 aromatic rings. The molecule has 2 fully saturated rings. The number of carbonyl (C=O) groups is 2. The van der Waals surface area contributed by atoms with E-state index in [1.165, 1.54) is 9.96 Å². The Hall–Kier alpha value is -3.14. The van der Waals surface area contributed by atoms with Crippen molar-refractivity contribution < 1.29 is 33.4 Å². The maximum atomic E-state index is 13.3. The van der Waals surface area contributed by atoms with Crippen LogP contribution in [0.5, 0.6) is 5.75 Å². The summed E-state index contributed by atoms with van der Waals surface area (Å²) in [5.74, 6) is -0.464. The van der Waals surface area contributed by atoms with Crippen LogP contribution in [0.25, 0.3) is 0 Å². The predicted octanol–water partition coefficient (Wildman–Crippen LogP) is 3.75. The summed E-state index contributed by atoms with van der Waals surface area (Å²) in [6, 6.07) is 13.6. The lowest BCUT2D eigenvalue weighted by Crippen LogP contribution is -2.39. The molecule has 35 heavy (non-hydrogen) atoms. The molecule has 2 amide bonds. The van der Waals surface area contributed by atoms with Crippen molar-refractivity contribution in [2.75, 3.05) is 26.4 Å². The minimum atomic E-state index is -0.833. The Morgan fingerprint density at radius 2 is 1.94 bits per heavy atom. The van der Waals surface area contributed by atoms with Crippen LogP contribution in [0, 0.1) is 0 Å². The molecule has 9 heteroatoms. The van der Waals surface area contributed by atoms with E-state index in [0.29, 0.717) is 31.1 Å². The Bertz CT molecular complexity index is 1090. The van der Waals surface area contributed by atoms with Gasteiger partial charge in [-0.1, -0.05) is 36.4 Å². The van der Waals surface area contributed by atoms with Crippen molar-refractivity contribution in [3.05, 3.63) is 65.2 Å². The second-order valence-electron chi connectivity index (χ2n) is 9.24. The SMILES string of the molecule is CCOC(=O)[C@H]1c2ccc(OCC3COC(C)(C)O3)cc2[C@@H]2CN1C(=O)N2OCc1ccccc1. The molecule has 5 rings (SSSR count). The van der Waals surface area contributed by atoms with E-state index in [4.69, 9.17) is 23.8 Å². The summed E-state index contributed by atoms with van der Waals surface area (Å²) in [6.07, 6.45) is -0.178. The van der Waals surface area contributed by atoms with Gasteiger partial charge in [-0.15, -0.1) is 0 Å². The fourth-order valence-corrected chi connectivity index (χ4v) is 4.76. The van der Waals surface area contributed by atoms with E-state index in [2.05, 4.69) is 0 Å². The second kappa shape index (κ2) is 9.49. The fraction of sp³-hybridized carbons (Fsp3) is 0.462. The lowest BCUT2D eigenvalue weighted by Gasteiger charge is -2.31. The summed E-state index contributed by atoms with van der Waals surface area (Å²) >= 11 is 0. The Morgan fingerprint density at radius 3 is 2.66 bits per heavy atom. The lowest BCUT2D eigenvalue weighted by molar-refractivity contribution is -0.149. The van der Waals surface area contributed by atoms with E-state index in [-0.39, 0.29) is 31.4 Å². The minimum Gasteiger partial charge on any atom is -0.491 e. The number of ether oxygens (including phenoxy) is 4. The molecule has 186 valence electrons. The molecule has 0 N–H and O–H groups in total. The van der Waals surface area contributed by atoms with Gasteiger partial charge in [-0.25, -0.2) is 9.59 Å². The van der Waals surface area contributed by atoms with Gasteiger partial charge >= 0.3 is 12.0 Å². The maximum absolute atomic E-state index is 13.3. The highest BCUT2D eigenvalue weighted by molar-refractivity contribution is 5.88. The third-order valence-electron chi connectivity index (χ3n) is 6.34. The van der Waals surface area contributed by atoms with Crippen LogP contribution in [-0.4, -0.2) is 60.2 Å². The van der Waals surface area contributed by atoms with E-state index in [0.717, 1.165) is 11.1 Å². The first-order chi connectivity index (χ1) is 16.9. The molecule has 3 aliphatic heterocycles. The van der Waals surface area contributed by atoms with Crippen molar-refractivity contribution in [2.24, 2.45) is 0 Å². The zero-order valence-corrected chi connectivity index (χ0v) is 20.1. The second-order valence-corrected chi connectivity index (χ2v) is 9.24. The van der Waals surface area contributed by atoms with E-state index in [1.807, 2.05) is 56.3 Å². The third kappa shape index (κ3) is 4.71. The Morgan fingerprint density at radius 1 is 1.14 bits per heavy atom. The highest BCUT2D eigenvalue weighted by Gasteiger charge is 2.51. The van der Waals surface area contributed by atoms with Gasteiger partial charge in [0.05, 0.1) is 19.8 Å². The number of fused-ring (bicyclic) bond motifs is 4. The number of carbonyl (C=O) groups excluding carboxylic acids is 2. The third-order valence-corrected chi connectivity index (χ3v) is 6.34. The molecule has 2 saturated heterocycles. The van der Waals surface area contributed by atoms with Crippen LogP contribution in [0.1, 0.15) is 49.5 Å². The topological polar surface area (TPSA) is 86.8 Å². The number of urea groups is 1. The largest absolute Gasteiger partial charge is 0.491 e. The number of benzene rings is 2. The van der Waals surface area contributed by atoms with Gasteiger partial charge in [-0.3, -0.25) is 4.84 Å². The highest BCUT2D eigenvalue weighted by Crippen LogP contribution is 2.45. The summed E-state index contributed by atoms with van der Waals surface area (Å²) in [6.45, 7) is 7.05. The molecule has 0 saturated carbocycles. The quantitative estimate of drug-likeness (QED) is 0.530. The number of hydrogen-bond acceptors (Lipinski definition) is 7. The van der Waals surface area contributed by atoms with Crippen molar-refractivity contribution in [1.82, 2.24) is 9.96 Å². The summed E-state index contributed by atoms with van der Waals surface area (Å²) < 4.78 is 22.8. The molecule has 0 aliphatic carbocycles. The Kier molecular flexibility index (Phi) is 6.39. The first-order valence-corrected chi connectivity index (χ1v) is 11.9. The molecule has 0 spiro atoms. The Labute approximate surface area is 204 Å². The molecule has 3 aliphatic rings. The first kappa shape index (κ1) is 23.6. The van der Waals surface area contributed by atoms with Crippen LogP contribution in [0.2, 0.25) is 0 Å². The van der Waals surface area contributed by atoms with Gasteiger partial charge in [0.1, 0.15) is 31.1 Å². The molecule has 3 heterocycles. The van der Waals surface area contributed by atoms with Gasteiger partial charge in [-0.05, 0) is 49.6 Å². The van der Waals surface area contributed by atoms with Gasteiger partial charge in [0, 0.05) is 0 Å². The van der Waals surface area contributed by atoms with Crippen molar-refractivity contribution in [2.45, 2.75) is 51.4 Å². The van der Waals surface area contributed by atoms with Gasteiger partial charge in [0.2, 0.25) is 0 Å². The van der Waals surface area contributed by atoms with Crippen LogP contribution in [0.15, 0.2) is 48.5 Å². The number of rotatable bonds is 8. The van der Waals surface area contributed by atoms with E-state index < -0.39 is 17.8 Å². The van der Waals surface area contributed by atoms with Gasteiger partial charge in [0.25, 0.3) is 0 Å². The number of hydrogen-bond donors (Lipinski definition) is 0. The first-order valence-electron chi connectivity index (χ1n) is 11.9. The van der Waals surface area contributed by atoms with Gasteiger partial charge in [0.15, 0.2) is 11.8 Å². The van der Waals surface area contributed by atoms with E-state index in [9.17, 15) is 9.59 Å². The molecule has 2 aromatic carbocycles. The summed E-state index contributed by atoms with van der Waals surface area (Å²) in [4.78, 5) is 33.7. The molecule has 9 nitrogen and oxygen atoms in total. The average molecular weight is 483 g/mol. The fourth-order valence-electron chi connectivity index (χ4n) is 4.76. The van der Waals surface area contributed by atoms with Crippen LogP contribution >= 0.6 is 0 Å². The zero-order chi connectivity index (χ0) is 24.6. The standard InChI is InChI=1S/C26H30N2O7/c1-4-31-24(29)23-20-11-10-18(32-15-19-16-33-26(2,3)35-19)12-21(20)22-13-27(23)25(30)28(22)34-14-17-8-6-5-7-9-17/h5-12,19,22-23H,4,13-16H2,1-3H3/t19?,22-,23+/m0/s1. The number of amides is 2. The highest BCUT2D eigenvalue weighted by atomic mass is 16.7. The van der Waals surface area contributed by atoms with Crippen molar-refractivity contribution >= 4 is 12.0 Å². The van der Waals surface area contributed by atoms with Crippen molar-refractivity contribution in [1.29, 1.82) is 0 Å².